The quantitative estimate of drug-likeness (QED) is 0.862. The molecular weight excluding hydrogens is 277 g/mol. The van der Waals surface area contributed by atoms with Gasteiger partial charge in [0.05, 0.1) is 5.56 Å². The Balaban J connectivity index is 2.33. The maximum Gasteiger partial charge on any atom is 0.471 e. The second-order valence-corrected chi connectivity index (χ2v) is 5.72. The largest absolute Gasteiger partial charge is 0.471 e. The van der Waals surface area contributed by atoms with Crippen LogP contribution in [0.25, 0.3) is 0 Å². The van der Waals surface area contributed by atoms with Crippen LogP contribution in [-0.4, -0.2) is 12.1 Å². The highest BCUT2D eigenvalue weighted by Gasteiger charge is 2.39. The van der Waals surface area contributed by atoms with E-state index in [0.29, 0.717) is 12.3 Å². The van der Waals surface area contributed by atoms with Crippen molar-refractivity contribution in [3.05, 3.63) is 16.0 Å². The topological polar surface area (TPSA) is 52.9 Å². The maximum absolute atomic E-state index is 12.2. The van der Waals surface area contributed by atoms with Gasteiger partial charge in [-0.2, -0.15) is 18.4 Å². The minimum atomic E-state index is -4.94. The molecule has 0 saturated carbocycles. The zero-order valence-electron chi connectivity index (χ0n) is 10.1. The first-order valence-electron chi connectivity index (χ1n) is 5.75. The summed E-state index contributed by atoms with van der Waals surface area (Å²) in [6.07, 6.45) is -2.61. The Morgan fingerprint density at radius 1 is 1.53 bits per heavy atom. The predicted molar refractivity (Wildman–Crippen MR) is 64.9 cm³/mol. The standard InChI is InChI=1S/C12H11F3N2OS/c1-6-2-3-7-8(5-16)10(19-9(7)4-6)17-11(18)12(13,14)15/h6H,2-4H2,1H3,(H,17,18). The van der Waals surface area contributed by atoms with Gasteiger partial charge in [-0.1, -0.05) is 6.92 Å². The van der Waals surface area contributed by atoms with Crippen molar-refractivity contribution in [1.82, 2.24) is 0 Å². The van der Waals surface area contributed by atoms with Crippen molar-refractivity contribution >= 4 is 22.2 Å². The summed E-state index contributed by atoms with van der Waals surface area (Å²) < 4.78 is 36.7. The van der Waals surface area contributed by atoms with Gasteiger partial charge in [0.2, 0.25) is 0 Å². The van der Waals surface area contributed by atoms with Crippen LogP contribution in [-0.2, 0) is 17.6 Å². The molecule has 0 aromatic carbocycles. The normalized spacial score (nSPS) is 18.6. The Kier molecular flexibility index (Phi) is 3.54. The van der Waals surface area contributed by atoms with Crippen molar-refractivity contribution < 1.29 is 18.0 Å². The molecule has 1 atom stereocenters. The smallest absolute Gasteiger partial charge is 0.309 e. The lowest BCUT2D eigenvalue weighted by atomic mass is 9.89. The summed E-state index contributed by atoms with van der Waals surface area (Å²) in [5, 5.41) is 10.9. The molecule has 0 aliphatic heterocycles. The fourth-order valence-corrected chi connectivity index (χ4v) is 3.49. The minimum Gasteiger partial charge on any atom is -0.309 e. The SMILES string of the molecule is CC1CCc2c(sc(NC(=O)C(F)(F)F)c2C#N)C1. The number of anilines is 1. The number of hydrogen-bond donors (Lipinski definition) is 1. The summed E-state index contributed by atoms with van der Waals surface area (Å²) in [5.41, 5.74) is 0.979. The van der Waals surface area contributed by atoms with Crippen LogP contribution in [0, 0.1) is 17.2 Å². The molecule has 2 rings (SSSR count). The van der Waals surface area contributed by atoms with Gasteiger partial charge in [0.1, 0.15) is 11.1 Å². The van der Waals surface area contributed by atoms with E-state index < -0.39 is 12.1 Å². The lowest BCUT2D eigenvalue weighted by Gasteiger charge is -2.17. The molecule has 3 nitrogen and oxygen atoms in total. The first-order chi connectivity index (χ1) is 8.82. The molecule has 1 N–H and O–H groups in total. The second kappa shape index (κ2) is 4.85. The molecular formula is C12H11F3N2OS. The monoisotopic (exact) mass is 288 g/mol. The van der Waals surface area contributed by atoms with Crippen molar-refractivity contribution in [3.8, 4) is 6.07 Å². The van der Waals surface area contributed by atoms with Gasteiger partial charge < -0.3 is 5.32 Å². The van der Waals surface area contributed by atoms with Crippen LogP contribution >= 0.6 is 11.3 Å². The van der Waals surface area contributed by atoms with Crippen molar-refractivity contribution in [2.24, 2.45) is 5.92 Å². The van der Waals surface area contributed by atoms with Crippen LogP contribution in [0.5, 0.6) is 0 Å². The molecule has 0 bridgehead atoms. The summed E-state index contributed by atoms with van der Waals surface area (Å²) in [6.45, 7) is 2.06. The summed E-state index contributed by atoms with van der Waals surface area (Å²) in [4.78, 5) is 11.9. The van der Waals surface area contributed by atoms with E-state index in [0.717, 1.165) is 34.6 Å². The predicted octanol–water partition coefficient (Wildman–Crippen LogP) is 3.25. The Bertz CT molecular complexity index is 557. The third-order valence-corrected chi connectivity index (χ3v) is 4.28. The first kappa shape index (κ1) is 13.9. The average Bonchev–Trinajstić information content (AvgIpc) is 2.63. The van der Waals surface area contributed by atoms with E-state index in [2.05, 4.69) is 6.92 Å². The van der Waals surface area contributed by atoms with E-state index in [9.17, 15) is 18.0 Å². The Morgan fingerprint density at radius 2 is 2.21 bits per heavy atom. The number of amides is 1. The van der Waals surface area contributed by atoms with E-state index in [1.807, 2.05) is 6.07 Å². The fraction of sp³-hybridized carbons (Fsp3) is 0.500. The number of hydrogen-bond acceptors (Lipinski definition) is 3. The van der Waals surface area contributed by atoms with Gasteiger partial charge >= 0.3 is 12.1 Å². The molecule has 1 aliphatic carbocycles. The third-order valence-electron chi connectivity index (χ3n) is 3.11. The molecule has 102 valence electrons. The average molecular weight is 288 g/mol. The molecule has 1 aliphatic rings. The summed E-state index contributed by atoms with van der Waals surface area (Å²) in [5.74, 6) is -1.58. The van der Waals surface area contributed by atoms with Gasteiger partial charge in [0, 0.05) is 4.88 Å². The molecule has 1 unspecified atom stereocenters. The number of thiophene rings is 1. The van der Waals surface area contributed by atoms with E-state index in [4.69, 9.17) is 5.26 Å². The molecule has 0 fully saturated rings. The van der Waals surface area contributed by atoms with Crippen molar-refractivity contribution in [2.45, 2.75) is 32.4 Å². The van der Waals surface area contributed by atoms with Crippen LogP contribution < -0.4 is 5.32 Å². The van der Waals surface area contributed by atoms with E-state index in [-0.39, 0.29) is 10.6 Å². The molecule has 1 aromatic rings. The zero-order chi connectivity index (χ0) is 14.2. The zero-order valence-corrected chi connectivity index (χ0v) is 10.9. The molecule has 1 aromatic heterocycles. The number of carbonyl (C=O) groups is 1. The van der Waals surface area contributed by atoms with Gasteiger partial charge in [0.25, 0.3) is 0 Å². The van der Waals surface area contributed by atoms with Gasteiger partial charge in [-0.05, 0) is 30.7 Å². The third kappa shape index (κ3) is 2.73. The Morgan fingerprint density at radius 3 is 2.79 bits per heavy atom. The van der Waals surface area contributed by atoms with E-state index >= 15 is 0 Å². The highest BCUT2D eigenvalue weighted by Crippen LogP contribution is 2.39. The lowest BCUT2D eigenvalue weighted by molar-refractivity contribution is -0.167. The first-order valence-corrected chi connectivity index (χ1v) is 6.57. The van der Waals surface area contributed by atoms with Crippen LogP contribution in [0.1, 0.15) is 29.3 Å². The van der Waals surface area contributed by atoms with Gasteiger partial charge in [0.15, 0.2) is 0 Å². The van der Waals surface area contributed by atoms with E-state index in [1.165, 1.54) is 0 Å². The number of nitrogens with one attached hydrogen (secondary N) is 1. The summed E-state index contributed by atoms with van der Waals surface area (Å²) >= 11 is 1.08. The molecule has 0 saturated heterocycles. The maximum atomic E-state index is 12.2. The molecule has 1 heterocycles. The van der Waals surface area contributed by atoms with Crippen LogP contribution in [0.4, 0.5) is 18.2 Å². The molecule has 19 heavy (non-hydrogen) atoms. The van der Waals surface area contributed by atoms with Crippen LogP contribution in [0.15, 0.2) is 0 Å². The molecule has 0 radical (unpaired) electrons. The number of fused-ring (bicyclic) bond motifs is 1. The number of halogens is 3. The fourth-order valence-electron chi connectivity index (χ4n) is 2.13. The number of rotatable bonds is 1. The van der Waals surface area contributed by atoms with E-state index in [1.54, 1.807) is 5.32 Å². The number of nitrogens with zero attached hydrogens (tertiary/aromatic N) is 1. The van der Waals surface area contributed by atoms with Gasteiger partial charge in [-0.25, -0.2) is 0 Å². The van der Waals surface area contributed by atoms with Gasteiger partial charge in [-0.15, -0.1) is 11.3 Å². The summed E-state index contributed by atoms with van der Waals surface area (Å²) in [6, 6.07) is 1.90. The molecule has 7 heteroatoms. The minimum absolute atomic E-state index is 0.0175. The number of carbonyl (C=O) groups excluding carboxylic acids is 1. The summed E-state index contributed by atoms with van der Waals surface area (Å²) in [7, 11) is 0. The molecule has 1 amide bonds. The lowest BCUT2D eigenvalue weighted by Crippen LogP contribution is -2.29. The van der Waals surface area contributed by atoms with Crippen molar-refractivity contribution in [3.63, 3.8) is 0 Å². The number of alkyl halides is 3. The Labute approximate surface area is 112 Å². The van der Waals surface area contributed by atoms with Crippen molar-refractivity contribution in [2.75, 3.05) is 5.32 Å². The second-order valence-electron chi connectivity index (χ2n) is 4.62. The Hall–Kier alpha value is -1.55. The van der Waals surface area contributed by atoms with Gasteiger partial charge in [-0.3, -0.25) is 4.79 Å². The van der Waals surface area contributed by atoms with Crippen LogP contribution in [0.3, 0.4) is 0 Å². The van der Waals surface area contributed by atoms with Crippen molar-refractivity contribution in [1.29, 1.82) is 5.26 Å². The highest BCUT2D eigenvalue weighted by atomic mass is 32.1. The highest BCUT2D eigenvalue weighted by molar-refractivity contribution is 7.16. The number of nitriles is 1. The molecule has 0 spiro atoms. The van der Waals surface area contributed by atoms with Crippen LogP contribution in [0.2, 0.25) is 0 Å².